The summed E-state index contributed by atoms with van der Waals surface area (Å²) in [5, 5.41) is 0. The van der Waals surface area contributed by atoms with Crippen LogP contribution in [0.5, 0.6) is 0 Å². The number of hydrogen-bond donors (Lipinski definition) is 0. The molecule has 0 aliphatic carbocycles. The minimum absolute atomic E-state index is 0.854. The summed E-state index contributed by atoms with van der Waals surface area (Å²) in [6.07, 6.45) is 5.92. The number of benzene rings is 2. The first kappa shape index (κ1) is 13.0. The van der Waals surface area contributed by atoms with E-state index in [9.17, 15) is 0 Å². The average molecular weight is 326 g/mol. The summed E-state index contributed by atoms with van der Waals surface area (Å²) < 4.78 is 3.23. The minimum atomic E-state index is 0.854. The Balaban J connectivity index is 1.88. The van der Waals surface area contributed by atoms with Gasteiger partial charge in [-0.3, -0.25) is 0 Å². The molecule has 98 valence electrons. The second kappa shape index (κ2) is 5.97. The van der Waals surface area contributed by atoms with Gasteiger partial charge in [-0.2, -0.15) is 4.57 Å². The quantitative estimate of drug-likeness (QED) is 0.668. The summed E-state index contributed by atoms with van der Waals surface area (Å²) >= 11 is 3.45. The van der Waals surface area contributed by atoms with Gasteiger partial charge in [-0.1, -0.05) is 58.4 Å². The maximum Gasteiger partial charge on any atom is 0.195 e. The highest BCUT2D eigenvalue weighted by molar-refractivity contribution is 9.10. The van der Waals surface area contributed by atoms with Crippen molar-refractivity contribution in [2.24, 2.45) is 0 Å². The van der Waals surface area contributed by atoms with Crippen LogP contribution in [0.15, 0.2) is 77.7 Å². The third-order valence-electron chi connectivity index (χ3n) is 3.11. The van der Waals surface area contributed by atoms with Gasteiger partial charge in [0.2, 0.25) is 0 Å². The maximum atomic E-state index is 4.44. The smallest absolute Gasteiger partial charge is 0.195 e. The molecule has 0 unspecified atom stereocenters. The van der Waals surface area contributed by atoms with E-state index >= 15 is 0 Å². The van der Waals surface area contributed by atoms with E-state index in [1.165, 1.54) is 5.56 Å². The van der Waals surface area contributed by atoms with Crippen LogP contribution in [-0.4, -0.2) is 4.98 Å². The molecule has 3 aromatic rings. The molecule has 0 N–H and O–H groups in total. The molecule has 0 radical (unpaired) electrons. The van der Waals surface area contributed by atoms with Crippen molar-refractivity contribution in [2.75, 3.05) is 0 Å². The molecular formula is C17H14BrN2+. The summed E-state index contributed by atoms with van der Waals surface area (Å²) in [7, 11) is 0. The summed E-state index contributed by atoms with van der Waals surface area (Å²) in [4.78, 5) is 4.44. The lowest BCUT2D eigenvalue weighted by Gasteiger charge is -2.01. The van der Waals surface area contributed by atoms with Crippen LogP contribution in [0.3, 0.4) is 0 Å². The van der Waals surface area contributed by atoms with Crippen LogP contribution in [0.4, 0.5) is 0 Å². The van der Waals surface area contributed by atoms with E-state index in [1.807, 2.05) is 30.6 Å². The first-order chi connectivity index (χ1) is 9.81. The Labute approximate surface area is 126 Å². The fraction of sp³-hybridized carbons (Fsp3) is 0.0588. The van der Waals surface area contributed by atoms with Crippen LogP contribution in [0.1, 0.15) is 5.56 Å². The Morgan fingerprint density at radius 3 is 2.45 bits per heavy atom. The molecule has 20 heavy (non-hydrogen) atoms. The van der Waals surface area contributed by atoms with Crippen LogP contribution >= 0.6 is 15.9 Å². The Morgan fingerprint density at radius 1 is 0.950 bits per heavy atom. The van der Waals surface area contributed by atoms with Gasteiger partial charge in [-0.25, -0.2) is 4.98 Å². The highest BCUT2D eigenvalue weighted by atomic mass is 79.9. The molecule has 0 bridgehead atoms. The molecule has 0 spiro atoms. The van der Waals surface area contributed by atoms with Crippen molar-refractivity contribution in [2.45, 2.75) is 6.54 Å². The van der Waals surface area contributed by atoms with Gasteiger partial charge in [0.1, 0.15) is 5.69 Å². The predicted molar refractivity (Wildman–Crippen MR) is 83.1 cm³/mol. The number of nitrogens with zero attached hydrogens (tertiary/aromatic N) is 2. The SMILES string of the molecule is Brc1ccc(-c2c[n+](Cc3ccccc3)ccn2)cc1. The highest BCUT2D eigenvalue weighted by Crippen LogP contribution is 2.18. The first-order valence-electron chi connectivity index (χ1n) is 6.46. The van der Waals surface area contributed by atoms with Gasteiger partial charge in [-0.05, 0) is 12.1 Å². The number of rotatable bonds is 3. The third kappa shape index (κ3) is 3.11. The zero-order valence-corrected chi connectivity index (χ0v) is 12.5. The second-order valence-corrected chi connectivity index (χ2v) is 5.52. The van der Waals surface area contributed by atoms with E-state index < -0.39 is 0 Å². The molecule has 0 aliphatic heterocycles. The zero-order valence-electron chi connectivity index (χ0n) is 10.9. The van der Waals surface area contributed by atoms with E-state index in [1.54, 1.807) is 0 Å². The van der Waals surface area contributed by atoms with Crippen molar-refractivity contribution in [3.8, 4) is 11.3 Å². The molecular weight excluding hydrogens is 312 g/mol. The van der Waals surface area contributed by atoms with Crippen molar-refractivity contribution in [3.63, 3.8) is 0 Å². The molecule has 1 aromatic heterocycles. The molecule has 3 rings (SSSR count). The third-order valence-corrected chi connectivity index (χ3v) is 3.64. The van der Waals surface area contributed by atoms with E-state index in [0.717, 1.165) is 22.3 Å². The highest BCUT2D eigenvalue weighted by Gasteiger charge is 2.07. The van der Waals surface area contributed by atoms with Gasteiger partial charge in [0.05, 0.1) is 6.20 Å². The van der Waals surface area contributed by atoms with E-state index in [4.69, 9.17) is 0 Å². The van der Waals surface area contributed by atoms with E-state index in [2.05, 4.69) is 68.1 Å². The van der Waals surface area contributed by atoms with E-state index in [0.29, 0.717) is 0 Å². The molecule has 0 atom stereocenters. The lowest BCUT2D eigenvalue weighted by atomic mass is 10.1. The standard InChI is InChI=1S/C17H14BrN2/c18-16-8-6-15(7-9-16)17-13-20(11-10-19-17)12-14-4-2-1-3-5-14/h1-11,13H,12H2/q+1. The summed E-state index contributed by atoms with van der Waals surface area (Å²) in [6, 6.07) is 18.6. The van der Waals surface area contributed by atoms with E-state index in [-0.39, 0.29) is 0 Å². The fourth-order valence-corrected chi connectivity index (χ4v) is 2.36. The summed E-state index contributed by atoms with van der Waals surface area (Å²) in [6.45, 7) is 0.854. The maximum absolute atomic E-state index is 4.44. The number of halogens is 1. The normalized spacial score (nSPS) is 10.4. The summed E-state index contributed by atoms with van der Waals surface area (Å²) in [5.41, 5.74) is 3.39. The van der Waals surface area contributed by atoms with Gasteiger partial charge >= 0.3 is 0 Å². The molecule has 0 fully saturated rings. The van der Waals surface area contributed by atoms with Crippen LogP contribution in [0.2, 0.25) is 0 Å². The molecule has 1 heterocycles. The number of hydrogen-bond acceptors (Lipinski definition) is 1. The van der Waals surface area contributed by atoms with Crippen molar-refractivity contribution in [3.05, 3.63) is 83.2 Å². The topological polar surface area (TPSA) is 16.8 Å². The monoisotopic (exact) mass is 325 g/mol. The molecule has 0 aliphatic rings. The lowest BCUT2D eigenvalue weighted by Crippen LogP contribution is -2.33. The number of aromatic nitrogens is 2. The van der Waals surface area contributed by atoms with Crippen molar-refractivity contribution >= 4 is 15.9 Å². The van der Waals surface area contributed by atoms with Crippen LogP contribution in [-0.2, 0) is 6.54 Å². The predicted octanol–water partition coefficient (Wildman–Crippen LogP) is 3.85. The Bertz CT molecular complexity index is 694. The van der Waals surface area contributed by atoms with Crippen molar-refractivity contribution < 1.29 is 4.57 Å². The molecule has 0 saturated heterocycles. The Morgan fingerprint density at radius 2 is 1.70 bits per heavy atom. The van der Waals surface area contributed by atoms with Crippen molar-refractivity contribution in [1.82, 2.24) is 4.98 Å². The average Bonchev–Trinajstić information content (AvgIpc) is 2.49. The second-order valence-electron chi connectivity index (χ2n) is 4.61. The summed E-state index contributed by atoms with van der Waals surface area (Å²) in [5.74, 6) is 0. The van der Waals surface area contributed by atoms with Gasteiger partial charge in [0.25, 0.3) is 0 Å². The minimum Gasteiger partial charge on any atom is -0.244 e. The van der Waals surface area contributed by atoms with Gasteiger partial charge in [-0.15, -0.1) is 0 Å². The van der Waals surface area contributed by atoms with Gasteiger partial charge in [0.15, 0.2) is 18.9 Å². The first-order valence-corrected chi connectivity index (χ1v) is 7.25. The Kier molecular flexibility index (Phi) is 3.88. The van der Waals surface area contributed by atoms with Crippen molar-refractivity contribution in [1.29, 1.82) is 0 Å². The fourth-order valence-electron chi connectivity index (χ4n) is 2.10. The van der Waals surface area contributed by atoms with Crippen LogP contribution < -0.4 is 4.57 Å². The largest absolute Gasteiger partial charge is 0.244 e. The molecule has 3 heteroatoms. The van der Waals surface area contributed by atoms with Crippen LogP contribution in [0.25, 0.3) is 11.3 Å². The molecule has 2 nitrogen and oxygen atoms in total. The molecule has 0 saturated carbocycles. The van der Waals surface area contributed by atoms with Gasteiger partial charge < -0.3 is 0 Å². The Hall–Kier alpha value is -2.00. The van der Waals surface area contributed by atoms with Crippen LogP contribution in [0, 0.1) is 0 Å². The molecule has 0 amide bonds. The lowest BCUT2D eigenvalue weighted by molar-refractivity contribution is -0.688. The zero-order chi connectivity index (χ0) is 13.8. The molecule has 2 aromatic carbocycles. The van der Waals surface area contributed by atoms with Gasteiger partial charge in [0, 0.05) is 15.6 Å².